The van der Waals surface area contributed by atoms with Gasteiger partial charge in [0.25, 0.3) is 0 Å². The van der Waals surface area contributed by atoms with Crippen LogP contribution < -0.4 is 10.6 Å². The molecule has 0 aliphatic heterocycles. The molecule has 0 saturated heterocycles. The smallest absolute Gasteiger partial charge is 0.238 e. The molecule has 0 fully saturated rings. The molecule has 0 heterocycles. The Bertz CT molecular complexity index is 509. The third-order valence-electron chi connectivity index (χ3n) is 2.82. The minimum Gasteiger partial charge on any atom is -0.350 e. The Kier molecular flexibility index (Phi) is 6.84. The summed E-state index contributed by atoms with van der Waals surface area (Å²) in [5.74, 6) is -0.249. The Labute approximate surface area is 137 Å². The predicted molar refractivity (Wildman–Crippen MR) is 90.1 cm³/mol. The molecule has 6 heteroatoms. The first-order chi connectivity index (χ1) is 10.2. The van der Waals surface area contributed by atoms with Crippen molar-refractivity contribution >= 4 is 29.1 Å². The number of hydrogen-bond acceptors (Lipinski definition) is 3. The summed E-state index contributed by atoms with van der Waals surface area (Å²) in [6.45, 7) is 8.67. The summed E-state index contributed by atoms with van der Waals surface area (Å²) < 4.78 is 0. The quantitative estimate of drug-likeness (QED) is 0.845. The fourth-order valence-electron chi connectivity index (χ4n) is 1.88. The van der Waals surface area contributed by atoms with E-state index in [9.17, 15) is 9.59 Å². The third-order valence-corrected chi connectivity index (χ3v) is 3.08. The molecule has 5 nitrogen and oxygen atoms in total. The van der Waals surface area contributed by atoms with Crippen molar-refractivity contribution in [3.63, 3.8) is 0 Å². The number of carbonyl (C=O) groups is 2. The molecule has 0 unspecified atom stereocenters. The number of anilines is 1. The number of benzene rings is 1. The van der Waals surface area contributed by atoms with Crippen molar-refractivity contribution in [1.29, 1.82) is 0 Å². The van der Waals surface area contributed by atoms with Gasteiger partial charge in [-0.15, -0.1) is 0 Å². The highest BCUT2D eigenvalue weighted by atomic mass is 35.5. The summed E-state index contributed by atoms with van der Waals surface area (Å²) in [6.07, 6.45) is 0. The lowest BCUT2D eigenvalue weighted by molar-refractivity contribution is -0.124. The van der Waals surface area contributed by atoms with Crippen LogP contribution in [0.5, 0.6) is 0 Å². The maximum atomic E-state index is 12.0. The SMILES string of the molecule is CCN(CC(=O)Nc1ccc(Cl)cc1)CC(=O)NC(C)(C)C. The molecule has 0 aliphatic rings. The van der Waals surface area contributed by atoms with Crippen LogP contribution in [0.2, 0.25) is 5.02 Å². The van der Waals surface area contributed by atoms with Gasteiger partial charge in [0.1, 0.15) is 0 Å². The molecule has 2 N–H and O–H groups in total. The van der Waals surface area contributed by atoms with E-state index < -0.39 is 0 Å². The van der Waals surface area contributed by atoms with Crippen LogP contribution in [0.25, 0.3) is 0 Å². The molecule has 1 aromatic carbocycles. The van der Waals surface area contributed by atoms with Crippen molar-refractivity contribution in [2.75, 3.05) is 25.0 Å². The van der Waals surface area contributed by atoms with Crippen LogP contribution in [-0.2, 0) is 9.59 Å². The number of hydrogen-bond donors (Lipinski definition) is 2. The Morgan fingerprint density at radius 2 is 1.64 bits per heavy atom. The van der Waals surface area contributed by atoms with E-state index in [-0.39, 0.29) is 30.4 Å². The van der Waals surface area contributed by atoms with E-state index in [0.717, 1.165) is 0 Å². The monoisotopic (exact) mass is 325 g/mol. The van der Waals surface area contributed by atoms with Crippen LogP contribution in [0, 0.1) is 0 Å². The van der Waals surface area contributed by atoms with Gasteiger partial charge < -0.3 is 10.6 Å². The molecule has 0 aliphatic carbocycles. The molecule has 22 heavy (non-hydrogen) atoms. The summed E-state index contributed by atoms with van der Waals surface area (Å²) in [6, 6.07) is 6.91. The van der Waals surface area contributed by atoms with Gasteiger partial charge in [-0.2, -0.15) is 0 Å². The number of nitrogens with one attached hydrogen (secondary N) is 2. The van der Waals surface area contributed by atoms with Gasteiger partial charge in [0.15, 0.2) is 0 Å². The van der Waals surface area contributed by atoms with E-state index in [1.165, 1.54) is 0 Å². The maximum absolute atomic E-state index is 12.0. The molecule has 122 valence electrons. The molecule has 0 atom stereocenters. The summed E-state index contributed by atoms with van der Waals surface area (Å²) >= 11 is 5.80. The second-order valence-electron chi connectivity index (χ2n) is 6.16. The van der Waals surface area contributed by atoms with Gasteiger partial charge in [-0.05, 0) is 51.6 Å². The number of nitrogens with zero attached hydrogens (tertiary/aromatic N) is 1. The minimum atomic E-state index is -0.276. The van der Waals surface area contributed by atoms with E-state index in [1.54, 1.807) is 29.2 Å². The molecule has 0 radical (unpaired) electrons. The minimum absolute atomic E-state index is 0.0892. The first-order valence-electron chi connectivity index (χ1n) is 7.28. The van der Waals surface area contributed by atoms with Crippen LogP contribution in [0.15, 0.2) is 24.3 Å². The molecule has 2 amide bonds. The molecule has 1 rings (SSSR count). The Hall–Kier alpha value is -1.59. The van der Waals surface area contributed by atoms with Crippen LogP contribution in [0.4, 0.5) is 5.69 Å². The zero-order valence-electron chi connectivity index (χ0n) is 13.6. The number of rotatable bonds is 6. The van der Waals surface area contributed by atoms with Gasteiger partial charge in [0, 0.05) is 16.2 Å². The number of amides is 2. The van der Waals surface area contributed by atoms with Crippen LogP contribution in [0.1, 0.15) is 27.7 Å². The van der Waals surface area contributed by atoms with Gasteiger partial charge in [-0.25, -0.2) is 0 Å². The highest BCUT2D eigenvalue weighted by molar-refractivity contribution is 6.30. The average molecular weight is 326 g/mol. The second kappa shape index (κ2) is 8.15. The van der Waals surface area contributed by atoms with Crippen LogP contribution in [-0.4, -0.2) is 41.9 Å². The zero-order chi connectivity index (χ0) is 16.8. The first-order valence-corrected chi connectivity index (χ1v) is 7.66. The lowest BCUT2D eigenvalue weighted by Gasteiger charge is -2.24. The van der Waals surface area contributed by atoms with Crippen LogP contribution in [0.3, 0.4) is 0 Å². The fourth-order valence-corrected chi connectivity index (χ4v) is 2.00. The molecular formula is C16H24ClN3O2. The van der Waals surface area contributed by atoms with Crippen molar-refractivity contribution < 1.29 is 9.59 Å². The molecule has 0 saturated carbocycles. The van der Waals surface area contributed by atoms with E-state index >= 15 is 0 Å². The van der Waals surface area contributed by atoms with E-state index in [2.05, 4.69) is 10.6 Å². The molecule has 0 spiro atoms. The lowest BCUT2D eigenvalue weighted by Crippen LogP contribution is -2.47. The van der Waals surface area contributed by atoms with Gasteiger partial charge in [0.2, 0.25) is 11.8 Å². The molecule has 1 aromatic rings. The van der Waals surface area contributed by atoms with Crippen molar-refractivity contribution in [2.45, 2.75) is 33.2 Å². The Morgan fingerprint density at radius 1 is 1.09 bits per heavy atom. The van der Waals surface area contributed by atoms with Crippen LogP contribution >= 0.6 is 11.6 Å². The van der Waals surface area contributed by atoms with E-state index in [1.807, 2.05) is 27.7 Å². The van der Waals surface area contributed by atoms with Gasteiger partial charge in [-0.3, -0.25) is 14.5 Å². The zero-order valence-corrected chi connectivity index (χ0v) is 14.3. The number of carbonyl (C=O) groups excluding carboxylic acids is 2. The van der Waals surface area contributed by atoms with Crippen molar-refractivity contribution in [2.24, 2.45) is 0 Å². The topological polar surface area (TPSA) is 61.4 Å². The molecule has 0 bridgehead atoms. The Balaban J connectivity index is 2.49. The van der Waals surface area contributed by atoms with Gasteiger partial charge in [0.05, 0.1) is 13.1 Å². The highest BCUT2D eigenvalue weighted by Crippen LogP contribution is 2.13. The lowest BCUT2D eigenvalue weighted by atomic mass is 10.1. The van der Waals surface area contributed by atoms with Crippen molar-refractivity contribution in [1.82, 2.24) is 10.2 Å². The maximum Gasteiger partial charge on any atom is 0.238 e. The standard InChI is InChI=1S/C16H24ClN3O2/c1-5-20(11-15(22)19-16(2,3)4)10-14(21)18-13-8-6-12(17)7-9-13/h6-9H,5,10-11H2,1-4H3,(H,18,21)(H,19,22). The summed E-state index contributed by atoms with van der Waals surface area (Å²) in [4.78, 5) is 25.7. The normalized spacial score (nSPS) is 11.4. The first kappa shape index (κ1) is 18.5. The van der Waals surface area contributed by atoms with E-state index in [4.69, 9.17) is 11.6 Å². The van der Waals surface area contributed by atoms with E-state index in [0.29, 0.717) is 17.3 Å². The second-order valence-corrected chi connectivity index (χ2v) is 6.59. The highest BCUT2D eigenvalue weighted by Gasteiger charge is 2.17. The van der Waals surface area contributed by atoms with Gasteiger partial charge >= 0.3 is 0 Å². The predicted octanol–water partition coefficient (Wildman–Crippen LogP) is 2.52. The summed E-state index contributed by atoms with van der Waals surface area (Å²) in [5.41, 5.74) is 0.409. The average Bonchev–Trinajstić information content (AvgIpc) is 2.38. The third kappa shape index (κ3) is 7.43. The Morgan fingerprint density at radius 3 is 2.14 bits per heavy atom. The molecular weight excluding hydrogens is 302 g/mol. The summed E-state index contributed by atoms with van der Waals surface area (Å²) in [7, 11) is 0. The summed E-state index contributed by atoms with van der Waals surface area (Å²) in [5, 5.41) is 6.29. The fraction of sp³-hybridized carbons (Fsp3) is 0.500. The van der Waals surface area contributed by atoms with Crippen molar-refractivity contribution in [3.8, 4) is 0 Å². The number of likely N-dealkylation sites (N-methyl/N-ethyl adjacent to an activating group) is 1. The van der Waals surface area contributed by atoms with Gasteiger partial charge in [-0.1, -0.05) is 18.5 Å². The van der Waals surface area contributed by atoms with Crippen molar-refractivity contribution in [3.05, 3.63) is 29.3 Å². The number of halogens is 1. The molecule has 0 aromatic heterocycles. The largest absolute Gasteiger partial charge is 0.350 e.